The lowest BCUT2D eigenvalue weighted by Crippen LogP contribution is -2.33. The third-order valence-corrected chi connectivity index (χ3v) is 7.57. The van der Waals surface area contributed by atoms with Gasteiger partial charge in [0.2, 0.25) is 0 Å². The Kier molecular flexibility index (Phi) is 8.79. The van der Waals surface area contributed by atoms with Gasteiger partial charge in [-0.3, -0.25) is 0 Å². The number of hydrogen-bond acceptors (Lipinski definition) is 4. The normalized spacial score (nSPS) is 17.1. The van der Waals surface area contributed by atoms with Gasteiger partial charge in [0.05, 0.1) is 22.9 Å². The zero-order valence-corrected chi connectivity index (χ0v) is 23.4. The van der Waals surface area contributed by atoms with E-state index >= 15 is 0 Å². The van der Waals surface area contributed by atoms with Crippen LogP contribution in [0.5, 0.6) is 0 Å². The Morgan fingerprint density at radius 1 is 1.03 bits per heavy atom. The molecule has 1 aromatic heterocycles. The second kappa shape index (κ2) is 12.4. The predicted molar refractivity (Wildman–Crippen MR) is 160 cm³/mol. The average molecular weight is 542 g/mol. The van der Waals surface area contributed by atoms with Crippen LogP contribution in [-0.4, -0.2) is 23.0 Å². The Labute approximate surface area is 236 Å². The molecule has 2 atom stereocenters. The van der Waals surface area contributed by atoms with E-state index in [1.54, 1.807) is 0 Å². The summed E-state index contributed by atoms with van der Waals surface area (Å²) < 4.78 is 12.2. The fourth-order valence-electron chi connectivity index (χ4n) is 5.23. The first-order valence-electron chi connectivity index (χ1n) is 13.8. The van der Waals surface area contributed by atoms with E-state index < -0.39 is 11.7 Å². The van der Waals surface area contributed by atoms with E-state index in [-0.39, 0.29) is 6.29 Å². The van der Waals surface area contributed by atoms with E-state index in [1.165, 1.54) is 5.56 Å². The molecule has 0 radical (unpaired) electrons. The van der Waals surface area contributed by atoms with E-state index in [2.05, 4.69) is 38.1 Å². The number of aliphatic hydroxyl groups is 1. The first-order chi connectivity index (χ1) is 18.9. The minimum Gasteiger partial charge on any atom is -0.388 e. The molecular formula is C34H36ClNO3. The van der Waals surface area contributed by atoms with E-state index in [4.69, 9.17) is 26.1 Å². The van der Waals surface area contributed by atoms with Crippen molar-refractivity contribution >= 4 is 34.7 Å². The van der Waals surface area contributed by atoms with Crippen LogP contribution in [0.15, 0.2) is 78.9 Å². The van der Waals surface area contributed by atoms with E-state index in [0.717, 1.165) is 65.6 Å². The van der Waals surface area contributed by atoms with Crippen molar-refractivity contribution in [2.75, 3.05) is 6.61 Å². The van der Waals surface area contributed by atoms with Crippen LogP contribution >= 0.6 is 11.6 Å². The molecule has 0 spiro atoms. The summed E-state index contributed by atoms with van der Waals surface area (Å²) in [6.45, 7) is 4.97. The lowest BCUT2D eigenvalue weighted by molar-refractivity contribution is -0.219. The maximum absolute atomic E-state index is 11.1. The van der Waals surface area contributed by atoms with Gasteiger partial charge in [-0.15, -0.1) is 0 Å². The van der Waals surface area contributed by atoms with Crippen LogP contribution in [0.3, 0.4) is 0 Å². The van der Waals surface area contributed by atoms with Crippen molar-refractivity contribution in [1.82, 2.24) is 4.98 Å². The zero-order valence-electron chi connectivity index (χ0n) is 22.6. The number of halogens is 1. The van der Waals surface area contributed by atoms with Crippen molar-refractivity contribution in [3.8, 4) is 0 Å². The largest absolute Gasteiger partial charge is 0.388 e. The second-order valence-electron chi connectivity index (χ2n) is 10.7. The molecule has 1 saturated heterocycles. The van der Waals surface area contributed by atoms with Crippen LogP contribution in [0.4, 0.5) is 0 Å². The van der Waals surface area contributed by atoms with Gasteiger partial charge in [-0.2, -0.15) is 0 Å². The van der Waals surface area contributed by atoms with Gasteiger partial charge in [0.1, 0.15) is 0 Å². The third kappa shape index (κ3) is 7.14. The van der Waals surface area contributed by atoms with Crippen LogP contribution < -0.4 is 0 Å². The Morgan fingerprint density at radius 3 is 2.72 bits per heavy atom. The van der Waals surface area contributed by atoms with Crippen molar-refractivity contribution in [2.45, 2.75) is 63.9 Å². The fourth-order valence-corrected chi connectivity index (χ4v) is 5.40. The van der Waals surface area contributed by atoms with Crippen molar-refractivity contribution in [3.63, 3.8) is 0 Å². The molecule has 0 bridgehead atoms. The molecule has 3 aromatic carbocycles. The topological polar surface area (TPSA) is 51.6 Å². The Hall–Kier alpha value is -3.02. The van der Waals surface area contributed by atoms with Gasteiger partial charge in [0.25, 0.3) is 0 Å². The summed E-state index contributed by atoms with van der Waals surface area (Å²) in [7, 11) is 0. The van der Waals surface area contributed by atoms with Gasteiger partial charge in [-0.05, 0) is 98.5 Å². The molecule has 5 rings (SSSR count). The first-order valence-corrected chi connectivity index (χ1v) is 14.2. The molecule has 39 heavy (non-hydrogen) atoms. The highest BCUT2D eigenvalue weighted by Crippen LogP contribution is 2.33. The molecule has 0 aliphatic carbocycles. The van der Waals surface area contributed by atoms with Gasteiger partial charge in [-0.1, -0.05) is 72.3 Å². The number of hydrogen-bond donors (Lipinski definition) is 1. The van der Waals surface area contributed by atoms with Crippen LogP contribution in [0.25, 0.3) is 23.1 Å². The van der Waals surface area contributed by atoms with Crippen LogP contribution in [0.2, 0.25) is 5.02 Å². The first kappa shape index (κ1) is 27.5. The van der Waals surface area contributed by atoms with E-state index in [9.17, 15) is 5.11 Å². The zero-order chi connectivity index (χ0) is 27.2. The van der Waals surface area contributed by atoms with Gasteiger partial charge < -0.3 is 14.6 Å². The molecule has 1 fully saturated rings. The van der Waals surface area contributed by atoms with E-state index in [1.807, 2.05) is 66.7 Å². The lowest BCUT2D eigenvalue weighted by Gasteiger charge is -2.34. The Morgan fingerprint density at radius 2 is 1.87 bits per heavy atom. The Bertz CT molecular complexity index is 1440. The fraction of sp³-hybridized carbons (Fsp3) is 0.324. The van der Waals surface area contributed by atoms with Crippen molar-refractivity contribution < 1.29 is 14.6 Å². The summed E-state index contributed by atoms with van der Waals surface area (Å²) in [6.07, 6.45) is 7.81. The van der Waals surface area contributed by atoms with Crippen molar-refractivity contribution in [2.24, 2.45) is 0 Å². The predicted octanol–water partition coefficient (Wildman–Crippen LogP) is 8.50. The van der Waals surface area contributed by atoms with Crippen LogP contribution in [0.1, 0.15) is 73.6 Å². The summed E-state index contributed by atoms with van der Waals surface area (Å²) in [5.41, 5.74) is 5.50. The molecule has 2 heterocycles. The van der Waals surface area contributed by atoms with Gasteiger partial charge >= 0.3 is 0 Å². The van der Waals surface area contributed by atoms with Gasteiger partial charge in [0.15, 0.2) is 6.29 Å². The highest BCUT2D eigenvalue weighted by Gasteiger charge is 2.29. The van der Waals surface area contributed by atoms with Crippen molar-refractivity contribution in [3.05, 3.63) is 112 Å². The minimum atomic E-state index is -0.571. The number of fused-ring (bicyclic) bond motifs is 1. The van der Waals surface area contributed by atoms with Gasteiger partial charge in [-0.25, -0.2) is 4.98 Å². The molecule has 1 aliphatic rings. The number of aromatic nitrogens is 1. The second-order valence-corrected chi connectivity index (χ2v) is 11.1. The lowest BCUT2D eigenvalue weighted by atomic mass is 9.89. The molecule has 4 nitrogen and oxygen atoms in total. The average Bonchev–Trinajstić information content (AvgIpc) is 2.95. The summed E-state index contributed by atoms with van der Waals surface area (Å²) >= 11 is 6.13. The summed E-state index contributed by atoms with van der Waals surface area (Å²) in [5.74, 6) is 0. The number of ether oxygens (including phenoxy) is 2. The number of aryl methyl sites for hydroxylation is 1. The molecule has 5 heteroatoms. The maximum Gasteiger partial charge on any atom is 0.158 e. The molecule has 1 aliphatic heterocycles. The highest BCUT2D eigenvalue weighted by molar-refractivity contribution is 6.31. The van der Waals surface area contributed by atoms with Crippen LogP contribution in [0, 0.1) is 0 Å². The molecule has 4 aromatic rings. The molecular weight excluding hydrogens is 506 g/mol. The highest BCUT2D eigenvalue weighted by atomic mass is 35.5. The number of rotatable bonds is 9. The molecule has 0 amide bonds. The monoisotopic (exact) mass is 541 g/mol. The smallest absolute Gasteiger partial charge is 0.158 e. The minimum absolute atomic E-state index is 0.161. The molecule has 1 N–H and O–H groups in total. The quantitative estimate of drug-likeness (QED) is 0.231. The Balaban J connectivity index is 1.25. The number of aliphatic hydroxyl groups excluding tert-OH is 1. The maximum atomic E-state index is 11.1. The molecule has 1 unspecified atom stereocenters. The summed E-state index contributed by atoms with van der Waals surface area (Å²) in [6, 6.07) is 26.2. The summed E-state index contributed by atoms with van der Waals surface area (Å²) in [4.78, 5) is 4.70. The van der Waals surface area contributed by atoms with Crippen molar-refractivity contribution in [1.29, 1.82) is 0 Å². The third-order valence-electron chi connectivity index (χ3n) is 7.33. The standard InChI is InChI=1S/C34H36ClNO3/c1-34(2,39-33-12-5-6-21-38-33)30-11-4-3-9-25(30)16-20-32(37)27-10-7-8-24(22-27)13-18-29-19-15-26-14-17-28(35)23-31(26)36-29/h3-4,7-11,13-15,17-19,22-23,32-33,37H,5-6,12,16,20-21H2,1-2H3/t32-,33?/m0/s1. The number of nitrogens with zero attached hydrogens (tertiary/aromatic N) is 1. The van der Waals surface area contributed by atoms with Crippen LogP contribution in [-0.2, 0) is 21.5 Å². The number of pyridine rings is 1. The van der Waals surface area contributed by atoms with E-state index in [0.29, 0.717) is 11.4 Å². The summed E-state index contributed by atoms with van der Waals surface area (Å²) in [5, 5.41) is 12.8. The van der Waals surface area contributed by atoms with Gasteiger partial charge in [0, 0.05) is 17.0 Å². The molecule has 202 valence electrons. The number of benzene rings is 3. The molecule has 0 saturated carbocycles. The SMILES string of the molecule is CC(C)(OC1CCCCO1)c1ccccc1CC[C@H](O)c1cccc(C=Cc2ccc3ccc(Cl)cc3n2)c1.